The number of aryl methyl sites for hydroxylation is 2. The zero-order valence-corrected chi connectivity index (χ0v) is 16.0. The van der Waals surface area contributed by atoms with Crippen LogP contribution >= 0.6 is 11.3 Å². The number of benzene rings is 1. The topological polar surface area (TPSA) is 101 Å². The number of hydrogen-bond acceptors (Lipinski definition) is 7. The number of aromatic amines is 1. The summed E-state index contributed by atoms with van der Waals surface area (Å²) in [5, 5.41) is 17.6. The minimum atomic E-state index is 0.0400. The number of H-pyrrole nitrogens is 1. The molecule has 3 heterocycles. The molecule has 5 rings (SSSR count). The van der Waals surface area contributed by atoms with Crippen LogP contribution < -0.4 is 10.9 Å². The van der Waals surface area contributed by atoms with E-state index in [2.05, 4.69) is 25.9 Å². The van der Waals surface area contributed by atoms with Crippen molar-refractivity contribution in [1.29, 1.82) is 0 Å². The molecule has 3 aromatic heterocycles. The molecule has 0 amide bonds. The molecule has 0 aliphatic heterocycles. The van der Waals surface area contributed by atoms with E-state index < -0.39 is 0 Å². The average molecular weight is 393 g/mol. The first-order valence-corrected chi connectivity index (χ1v) is 10.2. The molecule has 4 aromatic rings. The molecule has 0 radical (unpaired) electrons. The molecule has 9 heteroatoms. The van der Waals surface area contributed by atoms with Crippen LogP contribution in [0.2, 0.25) is 0 Å². The van der Waals surface area contributed by atoms with Gasteiger partial charge in [0, 0.05) is 23.5 Å². The number of anilines is 1. The summed E-state index contributed by atoms with van der Waals surface area (Å²) in [7, 11) is 0. The van der Waals surface area contributed by atoms with Crippen molar-refractivity contribution in [2.75, 3.05) is 11.9 Å². The van der Waals surface area contributed by atoms with Gasteiger partial charge in [-0.3, -0.25) is 9.36 Å². The highest BCUT2D eigenvalue weighted by molar-refractivity contribution is 7.18. The van der Waals surface area contributed by atoms with E-state index >= 15 is 0 Å². The number of thiophene rings is 1. The summed E-state index contributed by atoms with van der Waals surface area (Å²) in [6.07, 6.45) is 4.35. The molecule has 0 spiro atoms. The molecule has 0 unspecified atom stereocenters. The van der Waals surface area contributed by atoms with Gasteiger partial charge in [0.05, 0.1) is 5.39 Å². The summed E-state index contributed by atoms with van der Waals surface area (Å²) in [5.74, 6) is 1.11. The van der Waals surface area contributed by atoms with Gasteiger partial charge in [-0.25, -0.2) is 4.98 Å². The lowest BCUT2D eigenvalue weighted by molar-refractivity contribution is 0.687. The third-order valence-corrected chi connectivity index (χ3v) is 6.26. The van der Waals surface area contributed by atoms with Crippen molar-refractivity contribution in [3.63, 3.8) is 0 Å². The van der Waals surface area contributed by atoms with E-state index in [1.807, 2.05) is 30.3 Å². The maximum absolute atomic E-state index is 13.5. The van der Waals surface area contributed by atoms with Gasteiger partial charge in [0.1, 0.15) is 10.7 Å². The van der Waals surface area contributed by atoms with Gasteiger partial charge >= 0.3 is 0 Å². The molecule has 1 aliphatic rings. The zero-order valence-electron chi connectivity index (χ0n) is 15.2. The lowest BCUT2D eigenvalue weighted by Crippen LogP contribution is -2.27. The van der Waals surface area contributed by atoms with Crippen LogP contribution in [-0.2, 0) is 19.4 Å². The molecule has 142 valence electrons. The van der Waals surface area contributed by atoms with Crippen LogP contribution in [0.3, 0.4) is 0 Å². The van der Waals surface area contributed by atoms with E-state index in [1.54, 1.807) is 15.9 Å². The van der Waals surface area contributed by atoms with E-state index in [0.717, 1.165) is 35.0 Å². The number of tetrazole rings is 1. The molecule has 28 heavy (non-hydrogen) atoms. The van der Waals surface area contributed by atoms with Crippen molar-refractivity contribution in [2.45, 2.75) is 32.2 Å². The van der Waals surface area contributed by atoms with Crippen LogP contribution in [-0.4, -0.2) is 36.7 Å². The molecule has 2 N–H and O–H groups in total. The Morgan fingerprint density at radius 2 is 2.04 bits per heavy atom. The quantitative estimate of drug-likeness (QED) is 0.540. The number of fused-ring (bicyclic) bond motifs is 3. The number of nitrogens with one attached hydrogen (secondary N) is 2. The first-order valence-electron chi connectivity index (χ1n) is 9.39. The monoisotopic (exact) mass is 393 g/mol. The van der Waals surface area contributed by atoms with Crippen molar-refractivity contribution in [2.24, 2.45) is 0 Å². The highest BCUT2D eigenvalue weighted by Crippen LogP contribution is 2.34. The van der Waals surface area contributed by atoms with Crippen LogP contribution in [0.25, 0.3) is 21.6 Å². The first-order chi connectivity index (χ1) is 13.8. The van der Waals surface area contributed by atoms with Gasteiger partial charge in [-0.15, -0.1) is 16.4 Å². The van der Waals surface area contributed by atoms with Gasteiger partial charge in [0.2, 0.25) is 0 Å². The fourth-order valence-corrected chi connectivity index (χ4v) is 5.02. The third kappa shape index (κ3) is 2.97. The summed E-state index contributed by atoms with van der Waals surface area (Å²) in [5.41, 5.74) is 2.19. The largest absolute Gasteiger partial charge is 0.350 e. The highest BCUT2D eigenvalue weighted by atomic mass is 32.1. The smallest absolute Gasteiger partial charge is 0.263 e. The van der Waals surface area contributed by atoms with E-state index in [1.165, 1.54) is 16.9 Å². The number of nitrogens with zero attached hydrogens (tertiary/aromatic N) is 5. The van der Waals surface area contributed by atoms with Gasteiger partial charge < -0.3 is 5.32 Å². The van der Waals surface area contributed by atoms with Gasteiger partial charge in [-0.2, -0.15) is 5.21 Å². The van der Waals surface area contributed by atoms with Gasteiger partial charge in [-0.05, 0) is 36.5 Å². The summed E-state index contributed by atoms with van der Waals surface area (Å²) in [6, 6.07) is 9.88. The number of rotatable bonds is 5. The summed E-state index contributed by atoms with van der Waals surface area (Å²) in [4.78, 5) is 20.6. The molecule has 1 aromatic carbocycles. The van der Waals surface area contributed by atoms with E-state index in [4.69, 9.17) is 4.98 Å². The lowest BCUT2D eigenvalue weighted by atomic mass is 9.97. The minimum absolute atomic E-state index is 0.0400. The molecular weight excluding hydrogens is 374 g/mol. The normalized spacial score (nSPS) is 13.6. The Hall–Kier alpha value is -3.07. The second kappa shape index (κ2) is 7.16. The molecule has 1 aliphatic carbocycles. The molecule has 0 saturated carbocycles. The Kier molecular flexibility index (Phi) is 4.36. The van der Waals surface area contributed by atoms with E-state index in [0.29, 0.717) is 24.9 Å². The van der Waals surface area contributed by atoms with Gasteiger partial charge in [0.25, 0.3) is 11.5 Å². The Morgan fingerprint density at radius 1 is 1.18 bits per heavy atom. The number of aromatic nitrogens is 6. The molecule has 0 fully saturated rings. The Balaban J connectivity index is 1.62. The van der Waals surface area contributed by atoms with Crippen LogP contribution in [0.4, 0.5) is 5.95 Å². The molecule has 0 bridgehead atoms. The van der Waals surface area contributed by atoms with Gasteiger partial charge in [0.15, 0.2) is 0 Å². The standard InChI is InChI=1S/C19H19N7OS/c27-18-15-13-8-4-5-9-14(13)28-17(15)21-16(12-6-2-1-3-7-12)26(18)11-10-20-19-22-24-25-23-19/h1-3,6-7H,4-5,8-11H2,(H2,20,22,23,24,25). The molecular formula is C19H19N7OS. The molecule has 0 saturated heterocycles. The summed E-state index contributed by atoms with van der Waals surface area (Å²) < 4.78 is 1.77. The fourth-order valence-electron chi connectivity index (χ4n) is 3.77. The van der Waals surface area contributed by atoms with Crippen LogP contribution in [0, 0.1) is 0 Å². The van der Waals surface area contributed by atoms with Crippen molar-refractivity contribution >= 4 is 27.5 Å². The van der Waals surface area contributed by atoms with Crippen LogP contribution in [0.1, 0.15) is 23.3 Å². The van der Waals surface area contributed by atoms with Crippen molar-refractivity contribution in [3.8, 4) is 11.4 Å². The first kappa shape index (κ1) is 17.1. The Morgan fingerprint density at radius 3 is 2.86 bits per heavy atom. The summed E-state index contributed by atoms with van der Waals surface area (Å²) >= 11 is 1.68. The molecule has 8 nitrogen and oxygen atoms in total. The third-order valence-electron chi connectivity index (χ3n) is 5.07. The van der Waals surface area contributed by atoms with Crippen molar-refractivity contribution in [1.82, 2.24) is 30.2 Å². The second-order valence-corrected chi connectivity index (χ2v) is 7.90. The Bertz CT molecular complexity index is 1160. The number of hydrogen-bond donors (Lipinski definition) is 2. The van der Waals surface area contributed by atoms with Crippen molar-refractivity contribution in [3.05, 3.63) is 51.1 Å². The maximum atomic E-state index is 13.5. The SMILES string of the molecule is O=c1c2c3c(sc2nc(-c2ccccc2)n1CCNc1nn[nH]n1)CCCC3. The summed E-state index contributed by atoms with van der Waals surface area (Å²) in [6.45, 7) is 0.962. The van der Waals surface area contributed by atoms with Gasteiger partial charge in [-0.1, -0.05) is 35.4 Å². The van der Waals surface area contributed by atoms with E-state index in [9.17, 15) is 4.79 Å². The van der Waals surface area contributed by atoms with Crippen LogP contribution in [0.15, 0.2) is 35.1 Å². The van der Waals surface area contributed by atoms with Crippen molar-refractivity contribution < 1.29 is 0 Å². The van der Waals surface area contributed by atoms with E-state index in [-0.39, 0.29) is 5.56 Å². The predicted molar refractivity (Wildman–Crippen MR) is 109 cm³/mol. The second-order valence-electron chi connectivity index (χ2n) is 6.81. The molecule has 0 atom stereocenters. The Labute approximate surface area is 164 Å². The average Bonchev–Trinajstić information content (AvgIpc) is 3.37. The fraction of sp³-hybridized carbons (Fsp3) is 0.316. The van der Waals surface area contributed by atoms with Crippen LogP contribution in [0.5, 0.6) is 0 Å². The highest BCUT2D eigenvalue weighted by Gasteiger charge is 2.22. The zero-order chi connectivity index (χ0) is 18.9. The predicted octanol–water partition coefficient (Wildman–Crippen LogP) is 2.63. The lowest BCUT2D eigenvalue weighted by Gasteiger charge is -2.14. The maximum Gasteiger partial charge on any atom is 0.263 e. The minimum Gasteiger partial charge on any atom is -0.350 e.